The van der Waals surface area contributed by atoms with E-state index in [-0.39, 0.29) is 18.6 Å². The van der Waals surface area contributed by atoms with Crippen LogP contribution in [0.3, 0.4) is 0 Å². The van der Waals surface area contributed by atoms with Crippen molar-refractivity contribution >= 4 is 11.6 Å². The molecular formula is C13H15N3O3. The van der Waals surface area contributed by atoms with Crippen molar-refractivity contribution in [1.82, 2.24) is 14.3 Å². The monoisotopic (exact) mass is 261 g/mol. The molecule has 0 aromatic carbocycles. The molecular weight excluding hydrogens is 246 g/mol. The average Bonchev–Trinajstić information content (AvgIpc) is 2.93. The molecule has 19 heavy (non-hydrogen) atoms. The summed E-state index contributed by atoms with van der Waals surface area (Å²) in [5, 5.41) is 9.31. The van der Waals surface area contributed by atoms with Gasteiger partial charge in [0, 0.05) is 25.1 Å². The van der Waals surface area contributed by atoms with Gasteiger partial charge in [0.1, 0.15) is 5.65 Å². The van der Waals surface area contributed by atoms with Crippen LogP contribution in [0, 0.1) is 0 Å². The first-order valence-corrected chi connectivity index (χ1v) is 6.22. The number of aliphatic hydroxyl groups excluding tert-OH is 1. The first-order chi connectivity index (χ1) is 9.29. The highest BCUT2D eigenvalue weighted by Crippen LogP contribution is 2.13. The van der Waals surface area contributed by atoms with Crippen LogP contribution in [0.5, 0.6) is 0 Å². The Morgan fingerprint density at radius 1 is 1.53 bits per heavy atom. The standard InChI is InChI=1S/C13H15N3O3/c17-8-11-9-19-6-5-16(11)13(18)10-1-2-12-14-3-4-15(12)7-10/h1-4,7,11,17H,5-6,8-9H2/t11-/m0/s1. The lowest BCUT2D eigenvalue weighted by Crippen LogP contribution is -2.50. The number of hydrogen-bond donors (Lipinski definition) is 1. The predicted molar refractivity (Wildman–Crippen MR) is 67.9 cm³/mol. The second kappa shape index (κ2) is 4.99. The van der Waals surface area contributed by atoms with Crippen molar-refractivity contribution in [3.8, 4) is 0 Å². The van der Waals surface area contributed by atoms with Gasteiger partial charge in [-0.25, -0.2) is 4.98 Å². The summed E-state index contributed by atoms with van der Waals surface area (Å²) in [6, 6.07) is 3.30. The smallest absolute Gasteiger partial charge is 0.255 e. The van der Waals surface area contributed by atoms with E-state index >= 15 is 0 Å². The summed E-state index contributed by atoms with van der Waals surface area (Å²) in [6.07, 6.45) is 5.25. The Morgan fingerprint density at radius 3 is 3.26 bits per heavy atom. The summed E-state index contributed by atoms with van der Waals surface area (Å²) in [5.41, 5.74) is 1.39. The number of aliphatic hydroxyl groups is 1. The number of carbonyl (C=O) groups excluding carboxylic acids is 1. The number of fused-ring (bicyclic) bond motifs is 1. The minimum Gasteiger partial charge on any atom is -0.394 e. The quantitative estimate of drug-likeness (QED) is 0.836. The van der Waals surface area contributed by atoms with Gasteiger partial charge in [0.2, 0.25) is 0 Å². The third-order valence-electron chi connectivity index (χ3n) is 3.33. The topological polar surface area (TPSA) is 67.1 Å². The number of imidazole rings is 1. The summed E-state index contributed by atoms with van der Waals surface area (Å²) < 4.78 is 7.09. The minimum absolute atomic E-state index is 0.0843. The Balaban J connectivity index is 1.89. The van der Waals surface area contributed by atoms with Crippen molar-refractivity contribution in [2.24, 2.45) is 0 Å². The van der Waals surface area contributed by atoms with Crippen LogP contribution < -0.4 is 0 Å². The zero-order chi connectivity index (χ0) is 13.2. The molecule has 1 fully saturated rings. The number of amides is 1. The molecule has 0 aliphatic carbocycles. The van der Waals surface area contributed by atoms with Crippen molar-refractivity contribution in [3.63, 3.8) is 0 Å². The fourth-order valence-corrected chi connectivity index (χ4v) is 2.29. The van der Waals surface area contributed by atoms with E-state index in [1.807, 2.05) is 10.5 Å². The number of pyridine rings is 1. The lowest BCUT2D eigenvalue weighted by atomic mass is 10.2. The summed E-state index contributed by atoms with van der Waals surface area (Å²) in [6.45, 7) is 1.32. The number of morpholine rings is 1. The summed E-state index contributed by atoms with van der Waals surface area (Å²) in [5.74, 6) is -0.0852. The Bertz CT molecular complexity index is 596. The highest BCUT2D eigenvalue weighted by atomic mass is 16.5. The van der Waals surface area contributed by atoms with Crippen molar-refractivity contribution in [1.29, 1.82) is 0 Å². The second-order valence-electron chi connectivity index (χ2n) is 4.52. The number of ether oxygens (including phenoxy) is 1. The molecule has 0 saturated carbocycles. The highest BCUT2D eigenvalue weighted by molar-refractivity contribution is 5.94. The van der Waals surface area contributed by atoms with E-state index in [4.69, 9.17) is 4.74 Å². The molecule has 0 bridgehead atoms. The fraction of sp³-hybridized carbons (Fsp3) is 0.385. The zero-order valence-electron chi connectivity index (χ0n) is 10.4. The first kappa shape index (κ1) is 12.1. The molecule has 0 radical (unpaired) electrons. The van der Waals surface area contributed by atoms with Gasteiger partial charge in [0.15, 0.2) is 0 Å². The Labute approximate surface area is 110 Å². The van der Waals surface area contributed by atoms with Gasteiger partial charge in [-0.3, -0.25) is 4.79 Å². The highest BCUT2D eigenvalue weighted by Gasteiger charge is 2.27. The van der Waals surface area contributed by atoms with E-state index in [2.05, 4.69) is 4.98 Å². The molecule has 6 heteroatoms. The van der Waals surface area contributed by atoms with Gasteiger partial charge in [-0.05, 0) is 12.1 Å². The minimum atomic E-state index is -0.264. The van der Waals surface area contributed by atoms with E-state index in [1.165, 1.54) is 0 Å². The molecule has 1 aliphatic heterocycles. The van der Waals surface area contributed by atoms with Gasteiger partial charge in [0.05, 0.1) is 31.4 Å². The molecule has 3 heterocycles. The summed E-state index contributed by atoms with van der Waals surface area (Å²) in [7, 11) is 0. The summed E-state index contributed by atoms with van der Waals surface area (Å²) in [4.78, 5) is 18.3. The van der Waals surface area contributed by atoms with Crippen molar-refractivity contribution in [2.75, 3.05) is 26.4 Å². The molecule has 1 saturated heterocycles. The van der Waals surface area contributed by atoms with E-state index in [0.717, 1.165) is 5.65 Å². The molecule has 100 valence electrons. The van der Waals surface area contributed by atoms with E-state index in [0.29, 0.717) is 25.3 Å². The van der Waals surface area contributed by atoms with Crippen molar-refractivity contribution < 1.29 is 14.6 Å². The molecule has 2 aromatic rings. The lowest BCUT2D eigenvalue weighted by Gasteiger charge is -2.34. The largest absolute Gasteiger partial charge is 0.394 e. The molecule has 2 aromatic heterocycles. The van der Waals surface area contributed by atoms with Crippen molar-refractivity contribution in [3.05, 3.63) is 36.3 Å². The van der Waals surface area contributed by atoms with Crippen LogP contribution in [-0.2, 0) is 4.74 Å². The van der Waals surface area contributed by atoms with Crippen LogP contribution in [0.1, 0.15) is 10.4 Å². The number of nitrogens with zero attached hydrogens (tertiary/aromatic N) is 3. The lowest BCUT2D eigenvalue weighted by molar-refractivity contribution is -0.0184. The van der Waals surface area contributed by atoms with Crippen LogP contribution in [0.4, 0.5) is 0 Å². The molecule has 1 amide bonds. The maximum Gasteiger partial charge on any atom is 0.255 e. The SMILES string of the molecule is O=C(c1ccc2nccn2c1)N1CCOC[C@@H]1CO. The van der Waals surface area contributed by atoms with Gasteiger partial charge in [-0.1, -0.05) is 0 Å². The summed E-state index contributed by atoms with van der Waals surface area (Å²) >= 11 is 0. The first-order valence-electron chi connectivity index (χ1n) is 6.22. The van der Waals surface area contributed by atoms with Gasteiger partial charge >= 0.3 is 0 Å². The third-order valence-corrected chi connectivity index (χ3v) is 3.33. The van der Waals surface area contributed by atoms with Crippen LogP contribution in [0.25, 0.3) is 5.65 Å². The molecule has 3 rings (SSSR count). The maximum atomic E-state index is 12.5. The van der Waals surface area contributed by atoms with Gasteiger partial charge in [-0.15, -0.1) is 0 Å². The van der Waals surface area contributed by atoms with Crippen LogP contribution in [0.15, 0.2) is 30.7 Å². The van der Waals surface area contributed by atoms with Crippen LogP contribution in [-0.4, -0.2) is 57.7 Å². The average molecular weight is 261 g/mol. The molecule has 1 N–H and O–H groups in total. The number of carbonyl (C=O) groups is 1. The molecule has 0 spiro atoms. The maximum absolute atomic E-state index is 12.5. The number of hydrogen-bond acceptors (Lipinski definition) is 4. The molecule has 0 unspecified atom stereocenters. The Hall–Kier alpha value is -1.92. The molecule has 1 atom stereocenters. The van der Waals surface area contributed by atoms with Crippen LogP contribution >= 0.6 is 0 Å². The van der Waals surface area contributed by atoms with E-state index < -0.39 is 0 Å². The van der Waals surface area contributed by atoms with Crippen molar-refractivity contribution in [2.45, 2.75) is 6.04 Å². The fourth-order valence-electron chi connectivity index (χ4n) is 2.29. The third kappa shape index (κ3) is 2.20. The van der Waals surface area contributed by atoms with Gasteiger partial charge in [0.25, 0.3) is 5.91 Å². The normalized spacial score (nSPS) is 19.8. The Kier molecular flexibility index (Phi) is 3.18. The zero-order valence-corrected chi connectivity index (χ0v) is 10.4. The van der Waals surface area contributed by atoms with Gasteiger partial charge in [-0.2, -0.15) is 0 Å². The van der Waals surface area contributed by atoms with Gasteiger partial charge < -0.3 is 19.1 Å². The van der Waals surface area contributed by atoms with Crippen LogP contribution in [0.2, 0.25) is 0 Å². The Morgan fingerprint density at radius 2 is 2.42 bits per heavy atom. The number of aromatic nitrogens is 2. The second-order valence-corrected chi connectivity index (χ2v) is 4.52. The van der Waals surface area contributed by atoms with E-state index in [1.54, 1.807) is 29.6 Å². The number of rotatable bonds is 2. The predicted octanol–water partition coefficient (Wildman–Crippen LogP) is 0.168. The molecule has 6 nitrogen and oxygen atoms in total. The molecule has 1 aliphatic rings. The van der Waals surface area contributed by atoms with E-state index in [9.17, 15) is 9.90 Å².